The quantitative estimate of drug-likeness (QED) is 0.0295. The molecule has 8 aromatic carbocycles. The number of benzene rings is 8. The summed E-state index contributed by atoms with van der Waals surface area (Å²) in [6.07, 6.45) is 13.4. The number of piperazine rings is 1. The van der Waals surface area contributed by atoms with E-state index in [1.165, 1.54) is 51.5 Å². The molecule has 9 aliphatic rings. The van der Waals surface area contributed by atoms with Crippen molar-refractivity contribution in [2.45, 2.75) is 99.1 Å². The lowest BCUT2D eigenvalue weighted by Crippen LogP contribution is -2.67. The predicted molar refractivity (Wildman–Crippen MR) is 403 cm³/mol. The Kier molecular flexibility index (Phi) is 15.8. The summed E-state index contributed by atoms with van der Waals surface area (Å²) in [5, 5.41) is 43.0. The molecule has 13 atom stereocenters. The van der Waals surface area contributed by atoms with Crippen LogP contribution < -0.4 is 41.3 Å². The van der Waals surface area contributed by atoms with Crippen LogP contribution in [0.15, 0.2) is 184 Å². The molecule has 14 bridgehead atoms. The number of nitrogens with zero attached hydrogens (tertiary/aromatic N) is 2. The Morgan fingerprint density at radius 3 is 2.50 bits per heavy atom. The third-order valence-corrected chi connectivity index (χ3v) is 24.5. The highest BCUT2D eigenvalue weighted by Crippen LogP contribution is 2.65. The van der Waals surface area contributed by atoms with Crippen molar-refractivity contribution < 1.29 is 33.9 Å². The molecular weight excluding hydrogens is 1270 g/mol. The summed E-state index contributed by atoms with van der Waals surface area (Å²) < 4.78 is 28.0. The van der Waals surface area contributed by atoms with Gasteiger partial charge in [-0.3, -0.25) is 4.79 Å². The molecule has 2 aromatic heterocycles. The number of aromatic hydroxyl groups is 1. The van der Waals surface area contributed by atoms with E-state index in [1.54, 1.807) is 30.3 Å². The van der Waals surface area contributed by atoms with E-state index >= 15 is 4.79 Å². The fourth-order valence-corrected chi connectivity index (χ4v) is 19.7. The van der Waals surface area contributed by atoms with Crippen LogP contribution in [-0.2, 0) is 23.7 Å². The zero-order chi connectivity index (χ0) is 69.1. The van der Waals surface area contributed by atoms with Crippen LogP contribution >= 0.6 is 0 Å². The normalized spacial score (nSPS) is 26.5. The first-order valence-corrected chi connectivity index (χ1v) is 36.3. The lowest BCUT2D eigenvalue weighted by Gasteiger charge is -2.53. The van der Waals surface area contributed by atoms with Crippen molar-refractivity contribution in [2.75, 3.05) is 44.9 Å². The number of guanidine groups is 1. The van der Waals surface area contributed by atoms with Gasteiger partial charge in [0.25, 0.3) is 0 Å². The van der Waals surface area contributed by atoms with Gasteiger partial charge in [0.15, 0.2) is 28.5 Å². The first-order valence-electron chi connectivity index (χ1n) is 36.3. The fourth-order valence-electron chi connectivity index (χ4n) is 19.7. The van der Waals surface area contributed by atoms with Gasteiger partial charge in [-0.25, -0.2) is 4.99 Å². The molecule has 0 unspecified atom stereocenters. The second kappa shape index (κ2) is 25.2. The average Bonchev–Trinajstić information content (AvgIpc) is 1.51. The summed E-state index contributed by atoms with van der Waals surface area (Å²) in [5.74, 6) is 17.7. The van der Waals surface area contributed by atoms with Crippen molar-refractivity contribution in [3.8, 4) is 69.1 Å². The van der Waals surface area contributed by atoms with Gasteiger partial charge in [0.1, 0.15) is 22.7 Å². The molecular formula is C88H82N6O8. The fraction of sp³-hybridized carbons (Fsp3) is 0.318. The maximum atomic E-state index is 15.7. The van der Waals surface area contributed by atoms with E-state index in [-0.39, 0.29) is 107 Å². The predicted octanol–water partition coefficient (Wildman–Crippen LogP) is 14.4. The number of aliphatic imine (C=N–C) groups is 1. The third-order valence-electron chi connectivity index (χ3n) is 24.5. The number of aliphatic hydroxyl groups excluding tert-OH is 2. The maximum absolute atomic E-state index is 15.7. The van der Waals surface area contributed by atoms with E-state index in [0.29, 0.717) is 54.6 Å². The molecule has 4 fully saturated rings. The lowest BCUT2D eigenvalue weighted by atomic mass is 9.60. The summed E-state index contributed by atoms with van der Waals surface area (Å²) in [6.45, 7) is 3.37. The number of aromatic nitrogens is 1. The lowest BCUT2D eigenvalue weighted by molar-refractivity contribution is 0.152. The zero-order valence-electron chi connectivity index (χ0n) is 57.3. The highest BCUT2D eigenvalue weighted by molar-refractivity contribution is 6.02. The second-order valence-electron chi connectivity index (χ2n) is 29.9. The highest BCUT2D eigenvalue weighted by atomic mass is 16.5. The van der Waals surface area contributed by atoms with Crippen LogP contribution in [0.3, 0.4) is 0 Å². The number of hydrogen-bond donors (Lipinski definition) is 7. The summed E-state index contributed by atoms with van der Waals surface area (Å²) in [5.41, 5.74) is 23.3. The minimum absolute atomic E-state index is 0.0133. The molecule has 7 heterocycles. The van der Waals surface area contributed by atoms with E-state index in [0.717, 1.165) is 64.9 Å². The van der Waals surface area contributed by atoms with Gasteiger partial charge in [0.2, 0.25) is 5.75 Å². The van der Waals surface area contributed by atoms with Crippen molar-refractivity contribution in [3.05, 3.63) is 225 Å². The number of H-pyrrole nitrogens is 1. The smallest absolute Gasteiger partial charge is 0.204 e. The average molecular weight is 1350 g/mol. The molecule has 0 radical (unpaired) electrons. The van der Waals surface area contributed by atoms with Gasteiger partial charge in [-0.1, -0.05) is 158 Å². The number of nitrogens with two attached hydrogens (primary N) is 2. The maximum Gasteiger partial charge on any atom is 0.204 e. The van der Waals surface area contributed by atoms with Gasteiger partial charge >= 0.3 is 0 Å². The van der Waals surface area contributed by atoms with Crippen LogP contribution in [0.25, 0.3) is 67.1 Å². The monoisotopic (exact) mass is 1350 g/mol. The molecule has 5 aliphatic heterocycles. The van der Waals surface area contributed by atoms with Crippen LogP contribution in [-0.4, -0.2) is 84.5 Å². The molecule has 3 saturated carbocycles. The zero-order valence-corrected chi connectivity index (χ0v) is 57.3. The van der Waals surface area contributed by atoms with E-state index < -0.39 is 40.9 Å². The molecule has 19 rings (SSSR count). The molecule has 1 saturated heterocycles. The Balaban J connectivity index is 0.930. The Hall–Kier alpha value is -10.5. The number of aliphatic hydroxyl groups is 2. The summed E-state index contributed by atoms with van der Waals surface area (Å²) in [4.78, 5) is 27.8. The number of anilines is 1. The molecule has 4 aliphatic carbocycles. The Morgan fingerprint density at radius 2 is 1.67 bits per heavy atom. The Labute approximate surface area is 593 Å². The molecule has 9 N–H and O–H groups in total. The number of rotatable bonds is 10. The first kappa shape index (κ1) is 63.7. The highest BCUT2D eigenvalue weighted by Gasteiger charge is 2.63. The van der Waals surface area contributed by atoms with Crippen LogP contribution in [0.4, 0.5) is 11.5 Å². The Morgan fingerprint density at radius 1 is 0.833 bits per heavy atom. The summed E-state index contributed by atoms with van der Waals surface area (Å²) >= 11 is 0. The van der Waals surface area contributed by atoms with Gasteiger partial charge in [-0.2, -0.15) is 0 Å². The van der Waals surface area contributed by atoms with Gasteiger partial charge < -0.3 is 60.6 Å². The minimum Gasteiger partial charge on any atom is -0.508 e. The number of phenolic OH excluding ortho intramolecular Hbond substituents is 1. The standard InChI is InChI=1S/C88H82N6O8/c1-87-62-25-18-53(70(87)33-27-62)23-32-71-66-31-22-55-16-17-59-42-56-12-6-7-13-57(56)43-67(59)77(55)69(66)47-88(71)63-26-19-60(73(44-63)92-86(89)90)41-52(48-95)49-101-81-78(61-24-34-72-84(88)94(37-36-91-72)85-68(45-76(87)93-85)58-14-8-11-51(39-58)40-61)80-79(74(98)46-75(102-80)54-20-29-64(96)30-21-54)82(83(81)99-2)100-38-35-65(97)28-15-50-9-4-3-5-10-50/h3-17,19-22,26,28-31,39,42-46,52-53,61-62,65-66,69-72,84,91,93,95-97H,18,25,27,33,35-38,40-41,47-49H2,1-2H3,(H4,89,90,92)/b28-15+/t52-,53-,61-,62-,65+,66+,69+,70-,71+,72-,84-,87-,88-/m1/s1. The SMILES string of the molecule is COc1c2c(c3oc(-c4ccc(O)cc4)cc(=O)c3c1OCC[C@@H](O)/C=C/c1ccccc1)[C@@H]1C#C[C@H]3NCCN4c5[nH]c(cc5-c5cccc(c5)C1)[C@]1(C)[C@H]5CC[C@@H]1[C@@H](C#C[C@H]1[C@H]6C=Cc7ccc8cc9ccccc9cc8c7[C@H]6C[C@]1(c1ccc(c(N=C(N)N)c1)C[C@H](CO)CO2)[C@@H]34)CC5. The second-order valence-corrected chi connectivity index (χ2v) is 29.9. The number of phenols is 1. The van der Waals surface area contributed by atoms with Gasteiger partial charge in [-0.05, 0) is 178 Å². The number of allylic oxidation sites excluding steroid dienone is 1. The topological polar surface area (TPSA) is 214 Å². The number of hydrogen-bond acceptors (Lipinski definition) is 11. The summed E-state index contributed by atoms with van der Waals surface area (Å²) in [7, 11) is 1.53. The van der Waals surface area contributed by atoms with Crippen molar-refractivity contribution in [1.29, 1.82) is 0 Å². The van der Waals surface area contributed by atoms with Crippen LogP contribution in [0, 0.1) is 59.2 Å². The van der Waals surface area contributed by atoms with Gasteiger partial charge in [0.05, 0.1) is 55.7 Å². The van der Waals surface area contributed by atoms with Gasteiger partial charge in [0, 0.05) is 77.6 Å². The molecule has 102 heavy (non-hydrogen) atoms. The minimum atomic E-state index is -0.915. The molecule has 10 aromatic rings. The van der Waals surface area contributed by atoms with Crippen molar-refractivity contribution >= 4 is 62.1 Å². The number of nitrogens with one attached hydrogen (secondary N) is 2. The summed E-state index contributed by atoms with van der Waals surface area (Å²) in [6, 6.07) is 52.9. The van der Waals surface area contributed by atoms with Crippen molar-refractivity contribution in [1.82, 2.24) is 10.3 Å². The van der Waals surface area contributed by atoms with Crippen LogP contribution in [0.5, 0.6) is 23.0 Å². The molecule has 0 amide bonds. The molecule has 1 spiro atoms. The third kappa shape index (κ3) is 10.5. The largest absolute Gasteiger partial charge is 0.508 e. The molecule has 512 valence electrons. The molecule has 14 nitrogen and oxygen atoms in total. The van der Waals surface area contributed by atoms with E-state index in [4.69, 9.17) is 35.1 Å². The number of ether oxygens (including phenoxy) is 3. The van der Waals surface area contributed by atoms with Crippen LogP contribution in [0.2, 0.25) is 0 Å². The first-order chi connectivity index (χ1) is 49.8. The number of aromatic amines is 1. The van der Waals surface area contributed by atoms with Crippen molar-refractivity contribution in [2.24, 2.45) is 52.0 Å². The Bertz CT molecular complexity index is 5320. The van der Waals surface area contributed by atoms with Gasteiger partial charge in [-0.15, -0.1) is 0 Å². The number of fused-ring (bicyclic) bond motifs is 17. The van der Waals surface area contributed by atoms with E-state index in [9.17, 15) is 15.3 Å². The number of methoxy groups -OCH3 is 1. The van der Waals surface area contributed by atoms with E-state index in [1.807, 2.05) is 36.4 Å². The molecule has 14 heteroatoms. The van der Waals surface area contributed by atoms with Crippen molar-refractivity contribution in [3.63, 3.8) is 0 Å². The van der Waals surface area contributed by atoms with E-state index in [2.05, 4.69) is 155 Å². The van der Waals surface area contributed by atoms with Crippen LogP contribution in [0.1, 0.15) is 102 Å².